The molecule has 12 heavy (non-hydrogen) atoms. The van der Waals surface area contributed by atoms with Gasteiger partial charge in [-0.25, -0.2) is 0 Å². The van der Waals surface area contributed by atoms with E-state index in [1.807, 2.05) is 13.0 Å². The van der Waals surface area contributed by atoms with Crippen LogP contribution in [0.25, 0.3) is 0 Å². The van der Waals surface area contributed by atoms with Crippen molar-refractivity contribution >= 4 is 5.91 Å². The van der Waals surface area contributed by atoms with Crippen LogP contribution < -0.4 is 11.1 Å². The molecule has 66 valence electrons. The minimum Gasteiger partial charge on any atom is -0.468 e. The van der Waals surface area contributed by atoms with Crippen LogP contribution in [0.4, 0.5) is 0 Å². The van der Waals surface area contributed by atoms with Crippen molar-refractivity contribution in [3.63, 3.8) is 0 Å². The lowest BCUT2D eigenvalue weighted by atomic mass is 10.3. The molecule has 0 aliphatic heterocycles. The van der Waals surface area contributed by atoms with Crippen molar-refractivity contribution in [1.82, 2.24) is 5.32 Å². The predicted molar refractivity (Wildman–Crippen MR) is 44.3 cm³/mol. The Morgan fingerprint density at radius 2 is 2.50 bits per heavy atom. The summed E-state index contributed by atoms with van der Waals surface area (Å²) in [4.78, 5) is 10.3. The second-order valence-electron chi connectivity index (χ2n) is 2.60. The highest BCUT2D eigenvalue weighted by molar-refractivity contribution is 5.75. The molecule has 0 fully saturated rings. The van der Waals surface area contributed by atoms with Crippen molar-refractivity contribution in [3.8, 4) is 0 Å². The van der Waals surface area contributed by atoms with E-state index in [0.29, 0.717) is 6.54 Å². The summed E-state index contributed by atoms with van der Waals surface area (Å²) in [5.74, 6) is 0.482. The summed E-state index contributed by atoms with van der Waals surface area (Å²) in [6.45, 7) is 2.67. The molecule has 0 spiro atoms. The Balaban J connectivity index is 2.33. The lowest BCUT2D eigenvalue weighted by molar-refractivity contribution is -0.117. The summed E-state index contributed by atoms with van der Waals surface area (Å²) in [6.07, 6.45) is 1.62. The van der Waals surface area contributed by atoms with Gasteiger partial charge in [-0.15, -0.1) is 0 Å². The van der Waals surface area contributed by atoms with Crippen LogP contribution in [0.1, 0.15) is 11.3 Å². The summed E-state index contributed by atoms with van der Waals surface area (Å²) in [5.41, 5.74) is 6.01. The molecule has 0 radical (unpaired) electrons. The van der Waals surface area contributed by atoms with E-state index in [2.05, 4.69) is 5.32 Å². The maximum absolute atomic E-state index is 10.3. The fourth-order valence-corrected chi connectivity index (χ4v) is 0.884. The van der Waals surface area contributed by atoms with Gasteiger partial charge in [-0.3, -0.25) is 4.79 Å². The zero-order valence-corrected chi connectivity index (χ0v) is 6.96. The second-order valence-corrected chi connectivity index (χ2v) is 2.60. The molecule has 0 atom stereocenters. The normalized spacial score (nSPS) is 10.1. The van der Waals surface area contributed by atoms with E-state index in [0.717, 1.165) is 11.3 Å². The molecule has 1 aromatic rings. The highest BCUT2D eigenvalue weighted by Gasteiger charge is 2.00. The van der Waals surface area contributed by atoms with Gasteiger partial charge in [0, 0.05) is 0 Å². The van der Waals surface area contributed by atoms with Gasteiger partial charge in [0.1, 0.15) is 5.76 Å². The molecule has 4 nitrogen and oxygen atoms in total. The van der Waals surface area contributed by atoms with Crippen molar-refractivity contribution in [3.05, 3.63) is 23.7 Å². The Kier molecular flexibility index (Phi) is 2.88. The number of carbonyl (C=O) groups is 1. The minimum atomic E-state index is -0.362. The van der Waals surface area contributed by atoms with E-state index in [1.165, 1.54) is 0 Å². The maximum Gasteiger partial charge on any atom is 0.231 e. The number of primary amides is 1. The largest absolute Gasteiger partial charge is 0.468 e. The number of nitrogens with two attached hydrogens (primary N) is 1. The number of nitrogens with one attached hydrogen (secondary N) is 1. The fraction of sp³-hybridized carbons (Fsp3) is 0.375. The molecule has 0 saturated carbocycles. The first-order valence-corrected chi connectivity index (χ1v) is 3.72. The smallest absolute Gasteiger partial charge is 0.231 e. The molecule has 0 saturated heterocycles. The predicted octanol–water partition coefficient (Wildman–Crippen LogP) is 0.163. The third kappa shape index (κ3) is 2.39. The van der Waals surface area contributed by atoms with Crippen molar-refractivity contribution in [2.75, 3.05) is 6.54 Å². The van der Waals surface area contributed by atoms with Crippen LogP contribution in [0.15, 0.2) is 16.7 Å². The van der Waals surface area contributed by atoms with Crippen LogP contribution >= 0.6 is 0 Å². The molecule has 1 heterocycles. The van der Waals surface area contributed by atoms with Crippen LogP contribution in [0, 0.1) is 6.92 Å². The molecule has 0 aromatic carbocycles. The maximum atomic E-state index is 10.3. The Labute approximate surface area is 70.7 Å². The average Bonchev–Trinajstić information content (AvgIpc) is 2.36. The third-order valence-corrected chi connectivity index (χ3v) is 1.55. The van der Waals surface area contributed by atoms with Gasteiger partial charge >= 0.3 is 0 Å². The van der Waals surface area contributed by atoms with Gasteiger partial charge in [0.25, 0.3) is 0 Å². The molecule has 1 rings (SSSR count). The van der Waals surface area contributed by atoms with Crippen LogP contribution in [0.5, 0.6) is 0 Å². The van der Waals surface area contributed by atoms with Crippen LogP contribution in [-0.2, 0) is 11.3 Å². The Morgan fingerprint density at radius 3 is 3.00 bits per heavy atom. The van der Waals surface area contributed by atoms with Gasteiger partial charge in [0.2, 0.25) is 5.91 Å². The number of hydrogen-bond acceptors (Lipinski definition) is 3. The lowest BCUT2D eigenvalue weighted by Gasteiger charge is -1.99. The molecule has 4 heteroatoms. The molecule has 1 aromatic heterocycles. The van der Waals surface area contributed by atoms with Crippen molar-refractivity contribution in [1.29, 1.82) is 0 Å². The minimum absolute atomic E-state index is 0.181. The highest BCUT2D eigenvalue weighted by Crippen LogP contribution is 2.07. The first-order chi connectivity index (χ1) is 5.70. The molecule has 0 bridgehead atoms. The molecule has 0 aliphatic carbocycles. The van der Waals surface area contributed by atoms with Gasteiger partial charge in [0.05, 0.1) is 19.4 Å². The van der Waals surface area contributed by atoms with E-state index in [9.17, 15) is 4.79 Å². The quantitative estimate of drug-likeness (QED) is 0.673. The monoisotopic (exact) mass is 168 g/mol. The van der Waals surface area contributed by atoms with Crippen molar-refractivity contribution < 1.29 is 9.21 Å². The van der Waals surface area contributed by atoms with Gasteiger partial charge in [-0.05, 0) is 18.6 Å². The average molecular weight is 168 g/mol. The van der Waals surface area contributed by atoms with Crippen LogP contribution in [0.3, 0.4) is 0 Å². The Hall–Kier alpha value is -1.29. The highest BCUT2D eigenvalue weighted by atomic mass is 16.3. The van der Waals surface area contributed by atoms with E-state index in [1.54, 1.807) is 6.26 Å². The van der Waals surface area contributed by atoms with Crippen molar-refractivity contribution in [2.24, 2.45) is 5.73 Å². The number of rotatable bonds is 4. The first-order valence-electron chi connectivity index (χ1n) is 3.72. The number of carbonyl (C=O) groups excluding carboxylic acids is 1. The molecule has 0 unspecified atom stereocenters. The summed E-state index contributed by atoms with van der Waals surface area (Å²) >= 11 is 0. The standard InChI is InChI=1S/C8H12N2O2/c1-6-2-3-12-7(6)4-10-5-8(9)11/h2-3,10H,4-5H2,1H3,(H2,9,11). The van der Waals surface area contributed by atoms with E-state index in [-0.39, 0.29) is 12.5 Å². The van der Waals surface area contributed by atoms with Crippen LogP contribution in [-0.4, -0.2) is 12.5 Å². The second kappa shape index (κ2) is 3.92. The molecule has 0 aliphatic rings. The zero-order chi connectivity index (χ0) is 8.97. The summed E-state index contributed by atoms with van der Waals surface area (Å²) in [6, 6.07) is 1.88. The lowest BCUT2D eigenvalue weighted by Crippen LogP contribution is -2.28. The molecule has 1 amide bonds. The summed E-state index contributed by atoms with van der Waals surface area (Å²) in [5, 5.41) is 2.86. The van der Waals surface area contributed by atoms with Gasteiger partial charge in [-0.2, -0.15) is 0 Å². The SMILES string of the molecule is Cc1ccoc1CNCC(N)=O. The van der Waals surface area contributed by atoms with E-state index < -0.39 is 0 Å². The first kappa shape index (κ1) is 8.80. The van der Waals surface area contributed by atoms with Gasteiger partial charge in [-0.1, -0.05) is 0 Å². The van der Waals surface area contributed by atoms with Gasteiger partial charge < -0.3 is 15.5 Å². The summed E-state index contributed by atoms with van der Waals surface area (Å²) < 4.78 is 5.13. The van der Waals surface area contributed by atoms with Crippen LogP contribution in [0.2, 0.25) is 0 Å². The number of furan rings is 1. The summed E-state index contributed by atoms with van der Waals surface area (Å²) in [7, 11) is 0. The van der Waals surface area contributed by atoms with Gasteiger partial charge in [0.15, 0.2) is 0 Å². The molecule has 3 N–H and O–H groups in total. The zero-order valence-electron chi connectivity index (χ0n) is 6.96. The van der Waals surface area contributed by atoms with Crippen molar-refractivity contribution in [2.45, 2.75) is 13.5 Å². The topological polar surface area (TPSA) is 68.3 Å². The van der Waals surface area contributed by atoms with E-state index >= 15 is 0 Å². The Morgan fingerprint density at radius 1 is 1.75 bits per heavy atom. The third-order valence-electron chi connectivity index (χ3n) is 1.55. The number of amides is 1. The number of aryl methyl sites for hydroxylation is 1. The molecular weight excluding hydrogens is 156 g/mol. The van der Waals surface area contributed by atoms with E-state index in [4.69, 9.17) is 10.2 Å². The fourth-order valence-electron chi connectivity index (χ4n) is 0.884. The molecular formula is C8H12N2O2. The number of hydrogen-bond donors (Lipinski definition) is 2. The Bertz CT molecular complexity index is 268.